The van der Waals surface area contributed by atoms with Crippen molar-refractivity contribution in [2.75, 3.05) is 31.1 Å². The molecule has 2 aromatic rings. The molecule has 3 nitrogen and oxygen atoms in total. The van der Waals surface area contributed by atoms with Crippen molar-refractivity contribution in [1.82, 2.24) is 4.90 Å². The lowest BCUT2D eigenvalue weighted by molar-refractivity contribution is 0.0746. The molecule has 0 aliphatic carbocycles. The molecule has 1 saturated heterocycles. The molecule has 0 spiro atoms. The molecule has 0 saturated carbocycles. The van der Waals surface area contributed by atoms with Crippen LogP contribution in [0, 0.1) is 5.82 Å². The van der Waals surface area contributed by atoms with E-state index in [4.69, 9.17) is 23.2 Å². The number of carbonyl (C=O) groups excluding carboxylic acids is 1. The van der Waals surface area contributed by atoms with Crippen LogP contribution >= 0.6 is 23.2 Å². The van der Waals surface area contributed by atoms with Gasteiger partial charge in [-0.05, 0) is 36.4 Å². The lowest BCUT2D eigenvalue weighted by Crippen LogP contribution is -2.48. The summed E-state index contributed by atoms with van der Waals surface area (Å²) in [6.45, 7) is 2.49. The number of rotatable bonds is 2. The zero-order valence-corrected chi connectivity index (χ0v) is 13.8. The van der Waals surface area contributed by atoms with Crippen LogP contribution in [0.1, 0.15) is 10.4 Å². The van der Waals surface area contributed by atoms with E-state index in [-0.39, 0.29) is 16.5 Å². The summed E-state index contributed by atoms with van der Waals surface area (Å²) in [6, 6.07) is 11.5. The van der Waals surface area contributed by atoms with Crippen molar-refractivity contribution in [3.8, 4) is 0 Å². The summed E-state index contributed by atoms with van der Waals surface area (Å²) in [7, 11) is 0. The summed E-state index contributed by atoms with van der Waals surface area (Å²) in [5, 5.41) is 0.959. The number of piperazine rings is 1. The predicted octanol–water partition coefficient (Wildman–Crippen LogP) is 4.09. The molecule has 0 N–H and O–H groups in total. The van der Waals surface area contributed by atoms with Crippen molar-refractivity contribution in [3.63, 3.8) is 0 Å². The number of hydrogen-bond acceptors (Lipinski definition) is 2. The highest BCUT2D eigenvalue weighted by Gasteiger charge is 2.24. The van der Waals surface area contributed by atoms with Gasteiger partial charge in [-0.25, -0.2) is 4.39 Å². The number of anilines is 1. The lowest BCUT2D eigenvalue weighted by Gasteiger charge is -2.36. The summed E-state index contributed by atoms with van der Waals surface area (Å²) in [5.41, 5.74) is 1.25. The zero-order valence-electron chi connectivity index (χ0n) is 12.3. The standard InChI is InChI=1S/C17H15Cl2FN2O/c18-12-2-1-3-14(10-12)21-6-8-22(9-7-21)17(23)15-11-13(20)4-5-16(15)19/h1-5,10-11H,6-9H2. The average molecular weight is 353 g/mol. The topological polar surface area (TPSA) is 23.6 Å². The zero-order chi connectivity index (χ0) is 16.4. The van der Waals surface area contributed by atoms with Gasteiger partial charge in [0.25, 0.3) is 5.91 Å². The molecule has 6 heteroatoms. The average Bonchev–Trinajstić information content (AvgIpc) is 2.56. The minimum atomic E-state index is -0.463. The largest absolute Gasteiger partial charge is 0.368 e. The van der Waals surface area contributed by atoms with Gasteiger partial charge in [-0.2, -0.15) is 0 Å². The first-order chi connectivity index (χ1) is 11.0. The second-order valence-electron chi connectivity index (χ2n) is 5.38. The van der Waals surface area contributed by atoms with Gasteiger partial charge in [-0.15, -0.1) is 0 Å². The molecule has 1 aliphatic heterocycles. The number of amides is 1. The van der Waals surface area contributed by atoms with Gasteiger partial charge in [0.15, 0.2) is 0 Å². The lowest BCUT2D eigenvalue weighted by atomic mass is 10.1. The monoisotopic (exact) mass is 352 g/mol. The number of nitrogens with zero attached hydrogens (tertiary/aromatic N) is 2. The van der Waals surface area contributed by atoms with Crippen LogP contribution in [0.25, 0.3) is 0 Å². The quantitative estimate of drug-likeness (QED) is 0.812. The van der Waals surface area contributed by atoms with E-state index in [2.05, 4.69) is 4.90 Å². The minimum absolute atomic E-state index is 0.211. The first kappa shape index (κ1) is 16.1. The van der Waals surface area contributed by atoms with E-state index in [9.17, 15) is 9.18 Å². The fraction of sp³-hybridized carbons (Fsp3) is 0.235. The van der Waals surface area contributed by atoms with Crippen molar-refractivity contribution >= 4 is 34.8 Å². The van der Waals surface area contributed by atoms with Gasteiger partial charge in [0, 0.05) is 36.9 Å². The van der Waals surface area contributed by atoms with E-state index in [1.807, 2.05) is 24.3 Å². The smallest absolute Gasteiger partial charge is 0.255 e. The maximum absolute atomic E-state index is 13.3. The summed E-state index contributed by atoms with van der Waals surface area (Å²) < 4.78 is 13.3. The summed E-state index contributed by atoms with van der Waals surface area (Å²) in [5.74, 6) is -0.699. The van der Waals surface area contributed by atoms with Crippen molar-refractivity contribution in [1.29, 1.82) is 0 Å². The Balaban J connectivity index is 1.69. The Morgan fingerprint density at radius 3 is 2.43 bits per heavy atom. The third-order valence-electron chi connectivity index (χ3n) is 3.90. The Morgan fingerprint density at radius 1 is 1.00 bits per heavy atom. The van der Waals surface area contributed by atoms with Gasteiger partial charge < -0.3 is 9.80 Å². The molecule has 23 heavy (non-hydrogen) atoms. The fourth-order valence-electron chi connectivity index (χ4n) is 2.67. The van der Waals surface area contributed by atoms with E-state index in [0.29, 0.717) is 31.2 Å². The predicted molar refractivity (Wildman–Crippen MR) is 91.0 cm³/mol. The number of halogens is 3. The molecule has 0 radical (unpaired) electrons. The van der Waals surface area contributed by atoms with Gasteiger partial charge in [0.2, 0.25) is 0 Å². The summed E-state index contributed by atoms with van der Waals surface area (Å²) in [4.78, 5) is 16.4. The Bertz CT molecular complexity index is 730. The summed E-state index contributed by atoms with van der Waals surface area (Å²) >= 11 is 12.0. The Kier molecular flexibility index (Phi) is 4.74. The molecule has 0 atom stereocenters. The van der Waals surface area contributed by atoms with E-state index < -0.39 is 5.82 Å². The third-order valence-corrected chi connectivity index (χ3v) is 4.46. The van der Waals surface area contributed by atoms with Gasteiger partial charge in [0.05, 0.1) is 10.6 Å². The molecule has 1 heterocycles. The third kappa shape index (κ3) is 3.59. The summed E-state index contributed by atoms with van der Waals surface area (Å²) in [6.07, 6.45) is 0. The molecule has 0 aromatic heterocycles. The Morgan fingerprint density at radius 2 is 1.74 bits per heavy atom. The second kappa shape index (κ2) is 6.77. The maximum Gasteiger partial charge on any atom is 0.255 e. The Hall–Kier alpha value is -1.78. The molecule has 1 aliphatic rings. The molecular formula is C17H15Cl2FN2O. The van der Waals surface area contributed by atoms with Crippen molar-refractivity contribution in [3.05, 3.63) is 63.9 Å². The van der Waals surface area contributed by atoms with E-state index in [1.165, 1.54) is 18.2 Å². The first-order valence-electron chi connectivity index (χ1n) is 7.29. The van der Waals surface area contributed by atoms with Crippen LogP contribution in [0.5, 0.6) is 0 Å². The molecule has 3 rings (SSSR count). The van der Waals surface area contributed by atoms with Crippen LogP contribution in [0.3, 0.4) is 0 Å². The first-order valence-corrected chi connectivity index (χ1v) is 8.05. The molecule has 2 aromatic carbocycles. The van der Waals surface area contributed by atoms with Gasteiger partial charge in [0.1, 0.15) is 5.82 Å². The fourth-order valence-corrected chi connectivity index (χ4v) is 3.06. The molecule has 0 bridgehead atoms. The van der Waals surface area contributed by atoms with Gasteiger partial charge >= 0.3 is 0 Å². The van der Waals surface area contributed by atoms with E-state index in [0.717, 1.165) is 5.69 Å². The van der Waals surface area contributed by atoms with Crippen molar-refractivity contribution in [2.24, 2.45) is 0 Å². The highest BCUT2D eigenvalue weighted by molar-refractivity contribution is 6.33. The molecular weight excluding hydrogens is 338 g/mol. The molecule has 0 unspecified atom stereocenters. The molecule has 1 amide bonds. The van der Waals surface area contributed by atoms with Crippen LogP contribution in [-0.2, 0) is 0 Å². The SMILES string of the molecule is O=C(c1cc(F)ccc1Cl)N1CCN(c2cccc(Cl)c2)CC1. The highest BCUT2D eigenvalue weighted by Crippen LogP contribution is 2.23. The number of benzene rings is 2. The van der Waals surface area contributed by atoms with Crippen molar-refractivity contribution in [2.45, 2.75) is 0 Å². The highest BCUT2D eigenvalue weighted by atomic mass is 35.5. The number of hydrogen-bond donors (Lipinski definition) is 0. The van der Waals surface area contributed by atoms with Gasteiger partial charge in [-0.1, -0.05) is 29.3 Å². The van der Waals surface area contributed by atoms with Crippen LogP contribution in [0.2, 0.25) is 10.0 Å². The second-order valence-corrected chi connectivity index (χ2v) is 6.23. The minimum Gasteiger partial charge on any atom is -0.368 e. The molecule has 120 valence electrons. The van der Waals surface area contributed by atoms with E-state index in [1.54, 1.807) is 4.90 Å². The van der Waals surface area contributed by atoms with E-state index >= 15 is 0 Å². The maximum atomic E-state index is 13.3. The van der Waals surface area contributed by atoms with Gasteiger partial charge in [-0.3, -0.25) is 4.79 Å². The molecule has 1 fully saturated rings. The van der Waals surface area contributed by atoms with Crippen LogP contribution in [-0.4, -0.2) is 37.0 Å². The van der Waals surface area contributed by atoms with Crippen LogP contribution in [0.4, 0.5) is 10.1 Å². The van der Waals surface area contributed by atoms with Crippen LogP contribution in [0.15, 0.2) is 42.5 Å². The Labute approximate surface area is 144 Å². The number of carbonyl (C=O) groups is 1. The normalized spacial score (nSPS) is 14.9. The van der Waals surface area contributed by atoms with Crippen LogP contribution < -0.4 is 4.90 Å². The van der Waals surface area contributed by atoms with Crippen molar-refractivity contribution < 1.29 is 9.18 Å².